The molecule has 32 heavy (non-hydrogen) atoms. The second kappa shape index (κ2) is 12.1. The van der Waals surface area contributed by atoms with E-state index in [1.54, 1.807) is 0 Å². The van der Waals surface area contributed by atoms with Gasteiger partial charge in [0.2, 0.25) is 5.91 Å². The molecule has 1 aliphatic rings. The lowest BCUT2D eigenvalue weighted by Gasteiger charge is -2.48. The van der Waals surface area contributed by atoms with Gasteiger partial charge in [0.05, 0.1) is 32.0 Å². The van der Waals surface area contributed by atoms with Crippen LogP contribution in [0.5, 0.6) is 0 Å². The molecule has 1 rings (SSSR count). The van der Waals surface area contributed by atoms with Gasteiger partial charge in [0, 0.05) is 13.3 Å². The van der Waals surface area contributed by atoms with Crippen LogP contribution in [-0.2, 0) is 19.1 Å². The van der Waals surface area contributed by atoms with Gasteiger partial charge in [-0.15, -0.1) is 0 Å². The maximum Gasteiger partial charge on any atom is 0.364 e. The number of aliphatic carboxylic acids is 1. The van der Waals surface area contributed by atoms with Crippen molar-refractivity contribution in [1.29, 1.82) is 0 Å². The zero-order valence-electron chi connectivity index (χ0n) is 17.1. The van der Waals surface area contributed by atoms with Crippen molar-refractivity contribution in [3.63, 3.8) is 0 Å². The predicted octanol–water partition coefficient (Wildman–Crippen LogP) is -6.41. The summed E-state index contributed by atoms with van der Waals surface area (Å²) in [5, 5.41) is 99.8. The molecule has 1 amide bonds. The Morgan fingerprint density at radius 2 is 1.56 bits per heavy atom. The Kier molecular flexibility index (Phi) is 10.8. The molecule has 0 saturated carbocycles. The van der Waals surface area contributed by atoms with Gasteiger partial charge in [0.25, 0.3) is 5.79 Å². The van der Waals surface area contributed by atoms with E-state index >= 15 is 0 Å². The van der Waals surface area contributed by atoms with Crippen LogP contribution in [0.3, 0.4) is 0 Å². The number of carboxylic acid groups (broad SMARTS) is 1. The normalized spacial score (nSPS) is 31.8. The SMILES string of the molecule is CC(=O)N[C@H]1[C@H]([C@H](O)[C@H](O)CO)O[C@@](O[C@@H]([C@@H](O)[C@H](O)CO)[C@@H](O)CO)(C(=O)O)C[C@@H]1O. The molecule has 1 aliphatic heterocycles. The van der Waals surface area contributed by atoms with Gasteiger partial charge in [-0.2, -0.15) is 0 Å². The largest absolute Gasteiger partial charge is 0.477 e. The van der Waals surface area contributed by atoms with E-state index in [-0.39, 0.29) is 0 Å². The van der Waals surface area contributed by atoms with E-state index in [1.807, 2.05) is 0 Å². The molecular formula is C17H31NO14. The van der Waals surface area contributed by atoms with Crippen LogP contribution in [-0.4, -0.2) is 143 Å². The number of hydrogen-bond acceptors (Lipinski definition) is 13. The maximum absolute atomic E-state index is 12.1. The monoisotopic (exact) mass is 473 g/mol. The molecule has 188 valence electrons. The Bertz CT molecular complexity index is 622. The van der Waals surface area contributed by atoms with Gasteiger partial charge < -0.3 is 65.9 Å². The Hall–Kier alpha value is -1.50. The fourth-order valence-corrected chi connectivity index (χ4v) is 3.28. The van der Waals surface area contributed by atoms with Gasteiger partial charge in [-0.3, -0.25) is 4.79 Å². The Labute approximate surface area is 182 Å². The van der Waals surface area contributed by atoms with Crippen LogP contribution >= 0.6 is 0 Å². The summed E-state index contributed by atoms with van der Waals surface area (Å²) < 4.78 is 10.5. The van der Waals surface area contributed by atoms with Crippen molar-refractivity contribution in [3.05, 3.63) is 0 Å². The van der Waals surface area contributed by atoms with Crippen molar-refractivity contribution in [2.24, 2.45) is 0 Å². The van der Waals surface area contributed by atoms with Crippen LogP contribution in [0.15, 0.2) is 0 Å². The van der Waals surface area contributed by atoms with Crippen molar-refractivity contribution in [3.8, 4) is 0 Å². The van der Waals surface area contributed by atoms with Gasteiger partial charge in [0.1, 0.15) is 42.7 Å². The molecular weight excluding hydrogens is 442 g/mol. The summed E-state index contributed by atoms with van der Waals surface area (Å²) >= 11 is 0. The number of carbonyl (C=O) groups excluding carboxylic acids is 1. The van der Waals surface area contributed by atoms with E-state index < -0.39 is 98.8 Å². The number of aliphatic hydroxyl groups is 9. The number of ether oxygens (including phenoxy) is 2. The first-order chi connectivity index (χ1) is 14.8. The highest BCUT2D eigenvalue weighted by Crippen LogP contribution is 2.35. The van der Waals surface area contributed by atoms with Gasteiger partial charge in [0.15, 0.2) is 0 Å². The summed E-state index contributed by atoms with van der Waals surface area (Å²) in [5.41, 5.74) is 0. The van der Waals surface area contributed by atoms with Crippen molar-refractivity contribution >= 4 is 11.9 Å². The van der Waals surface area contributed by atoms with Gasteiger partial charge in [-0.05, 0) is 0 Å². The molecule has 1 fully saturated rings. The number of hydrogen-bond donors (Lipinski definition) is 11. The molecule has 0 unspecified atom stereocenters. The standard InChI is InChI=1S/C17H31NO14/c1-6(22)18-11-7(23)2-17(16(29)30,32-15(11)13(28)9(25)4-20)31-14(10(26)5-21)12(27)8(24)3-19/h7-15,19-21,23-28H,2-5H2,1H3,(H,18,22)(H,29,30)/t7-,8+,9+,10-,11+,12-,13+,14+,15+,17+/m0/s1. The first-order valence-corrected chi connectivity index (χ1v) is 9.62. The number of carboxylic acids is 1. The highest BCUT2D eigenvalue weighted by Gasteiger charge is 2.57. The summed E-state index contributed by atoms with van der Waals surface area (Å²) in [6.45, 7) is -2.06. The predicted molar refractivity (Wildman–Crippen MR) is 99.6 cm³/mol. The number of nitrogens with one attached hydrogen (secondary N) is 1. The van der Waals surface area contributed by atoms with E-state index in [0.717, 1.165) is 6.92 Å². The van der Waals surface area contributed by atoms with E-state index in [2.05, 4.69) is 5.32 Å². The topological polar surface area (TPSA) is 267 Å². The fraction of sp³-hybridized carbons (Fsp3) is 0.882. The van der Waals surface area contributed by atoms with Crippen LogP contribution in [0, 0.1) is 0 Å². The van der Waals surface area contributed by atoms with Crippen molar-refractivity contribution in [2.45, 2.75) is 74.0 Å². The molecule has 0 radical (unpaired) electrons. The summed E-state index contributed by atoms with van der Waals surface area (Å²) in [4.78, 5) is 23.6. The average Bonchev–Trinajstić information content (AvgIpc) is 2.75. The molecule has 15 heteroatoms. The zero-order chi connectivity index (χ0) is 24.8. The lowest BCUT2D eigenvalue weighted by Crippen LogP contribution is -2.69. The van der Waals surface area contributed by atoms with Crippen LogP contribution < -0.4 is 5.32 Å². The van der Waals surface area contributed by atoms with E-state index in [9.17, 15) is 50.4 Å². The quantitative estimate of drug-likeness (QED) is 0.126. The molecule has 0 aliphatic carbocycles. The first kappa shape index (κ1) is 28.5. The van der Waals surface area contributed by atoms with Crippen molar-refractivity contribution < 1.29 is 70.1 Å². The smallest absolute Gasteiger partial charge is 0.364 e. The minimum absolute atomic E-state index is 0.716. The van der Waals surface area contributed by atoms with Crippen LogP contribution in [0.2, 0.25) is 0 Å². The Balaban J connectivity index is 3.42. The minimum Gasteiger partial charge on any atom is -0.477 e. The highest BCUT2D eigenvalue weighted by molar-refractivity contribution is 5.76. The maximum atomic E-state index is 12.1. The fourth-order valence-electron chi connectivity index (χ4n) is 3.28. The summed E-state index contributed by atoms with van der Waals surface area (Å²) in [7, 11) is 0. The van der Waals surface area contributed by atoms with Gasteiger partial charge in [-0.25, -0.2) is 4.79 Å². The van der Waals surface area contributed by atoms with Gasteiger partial charge >= 0.3 is 5.97 Å². The van der Waals surface area contributed by atoms with E-state index in [4.69, 9.17) is 19.7 Å². The van der Waals surface area contributed by atoms with Gasteiger partial charge in [-0.1, -0.05) is 0 Å². The summed E-state index contributed by atoms with van der Waals surface area (Å²) in [5.74, 6) is -5.59. The molecule has 0 aromatic heterocycles. The molecule has 0 bridgehead atoms. The summed E-state index contributed by atoms with van der Waals surface area (Å²) in [6, 6.07) is -1.48. The lowest BCUT2D eigenvalue weighted by atomic mass is 9.88. The van der Waals surface area contributed by atoms with Crippen molar-refractivity contribution in [2.75, 3.05) is 19.8 Å². The summed E-state index contributed by atoms with van der Waals surface area (Å²) in [6.07, 6.45) is -16.7. The van der Waals surface area contributed by atoms with Crippen LogP contribution in [0.4, 0.5) is 0 Å². The Morgan fingerprint density at radius 3 is 2.00 bits per heavy atom. The lowest BCUT2D eigenvalue weighted by molar-refractivity contribution is -0.339. The van der Waals surface area contributed by atoms with E-state index in [1.165, 1.54) is 0 Å². The number of rotatable bonds is 12. The third-order valence-electron chi connectivity index (χ3n) is 5.00. The van der Waals surface area contributed by atoms with Crippen molar-refractivity contribution in [1.82, 2.24) is 5.32 Å². The molecule has 11 N–H and O–H groups in total. The Morgan fingerprint density at radius 1 is 1.03 bits per heavy atom. The van der Waals surface area contributed by atoms with Crippen LogP contribution in [0.25, 0.3) is 0 Å². The zero-order valence-corrected chi connectivity index (χ0v) is 17.1. The molecule has 15 nitrogen and oxygen atoms in total. The number of aliphatic hydroxyl groups excluding tert-OH is 9. The third kappa shape index (κ3) is 6.52. The minimum atomic E-state index is -2.94. The second-order valence-corrected chi connectivity index (χ2v) is 7.45. The van der Waals surface area contributed by atoms with Crippen LogP contribution in [0.1, 0.15) is 13.3 Å². The number of amides is 1. The second-order valence-electron chi connectivity index (χ2n) is 7.45. The molecule has 1 saturated heterocycles. The molecule has 0 aromatic rings. The molecule has 1 heterocycles. The van der Waals surface area contributed by atoms with E-state index in [0.29, 0.717) is 0 Å². The third-order valence-corrected chi connectivity index (χ3v) is 5.00. The first-order valence-electron chi connectivity index (χ1n) is 9.62. The molecule has 0 aromatic carbocycles. The number of carbonyl (C=O) groups is 2. The molecule has 0 spiro atoms. The highest BCUT2D eigenvalue weighted by atomic mass is 16.7. The molecule has 10 atom stereocenters. The average molecular weight is 473 g/mol.